The van der Waals surface area contributed by atoms with Gasteiger partial charge in [0.2, 0.25) is 5.91 Å². The Bertz CT molecular complexity index is 1220. The number of carboxylic acids is 1. The van der Waals surface area contributed by atoms with E-state index in [2.05, 4.69) is 25.5 Å². The van der Waals surface area contributed by atoms with Crippen LogP contribution in [0.15, 0.2) is 46.0 Å². The van der Waals surface area contributed by atoms with Crippen molar-refractivity contribution in [3.63, 3.8) is 0 Å². The van der Waals surface area contributed by atoms with Crippen LogP contribution < -0.4 is 10.6 Å². The highest BCUT2D eigenvalue weighted by atomic mass is 35.5. The monoisotopic (exact) mass is 533 g/mol. The Morgan fingerprint density at radius 3 is 2.69 bits per heavy atom. The van der Waals surface area contributed by atoms with Gasteiger partial charge in [0.1, 0.15) is 11.9 Å². The van der Waals surface area contributed by atoms with Crippen molar-refractivity contribution in [2.75, 3.05) is 19.8 Å². The van der Waals surface area contributed by atoms with E-state index in [0.717, 1.165) is 6.07 Å². The summed E-state index contributed by atoms with van der Waals surface area (Å²) in [5.74, 6) is -1.29. The van der Waals surface area contributed by atoms with E-state index in [1.165, 1.54) is 30.4 Å². The molecule has 36 heavy (non-hydrogen) atoms. The fourth-order valence-corrected chi connectivity index (χ4v) is 6.06. The van der Waals surface area contributed by atoms with Crippen molar-refractivity contribution in [2.45, 2.75) is 43.9 Å². The molecule has 9 nitrogen and oxygen atoms in total. The molecule has 0 radical (unpaired) electrons. The van der Waals surface area contributed by atoms with E-state index in [1.54, 1.807) is 6.20 Å². The zero-order chi connectivity index (χ0) is 25.4. The van der Waals surface area contributed by atoms with Gasteiger partial charge >= 0.3 is 5.97 Å². The van der Waals surface area contributed by atoms with Gasteiger partial charge in [-0.25, -0.2) is 14.2 Å². The second-order valence-electron chi connectivity index (χ2n) is 9.09. The molecule has 2 unspecified atom stereocenters. The number of amides is 1. The van der Waals surface area contributed by atoms with Gasteiger partial charge in [-0.2, -0.15) is 0 Å². The molecule has 3 aliphatic rings. The SMILES string of the molecule is CC(=O)NC1CC2COCC(C1)N2CC1=C(C(=O)O)[C@H](c2ccc(F)cc2Cl)N=C(c2nccs2)N1. The smallest absolute Gasteiger partial charge is 0.335 e. The molecule has 0 saturated carbocycles. The molecule has 12 heteroatoms. The van der Waals surface area contributed by atoms with Crippen LogP contribution in [0.1, 0.15) is 36.4 Å². The number of fused-ring (bicyclic) bond motifs is 2. The predicted octanol–water partition coefficient (Wildman–Crippen LogP) is 2.73. The van der Waals surface area contributed by atoms with Crippen molar-refractivity contribution in [1.82, 2.24) is 20.5 Å². The lowest BCUT2D eigenvalue weighted by Gasteiger charge is -2.49. The van der Waals surface area contributed by atoms with E-state index in [4.69, 9.17) is 16.3 Å². The van der Waals surface area contributed by atoms with Crippen LogP contribution in [0, 0.1) is 5.82 Å². The van der Waals surface area contributed by atoms with Gasteiger partial charge in [-0.05, 0) is 25.0 Å². The average Bonchev–Trinajstić information content (AvgIpc) is 3.33. The fourth-order valence-electron chi connectivity index (χ4n) is 5.21. The first-order chi connectivity index (χ1) is 17.3. The van der Waals surface area contributed by atoms with Gasteiger partial charge in [-0.15, -0.1) is 11.3 Å². The number of hydrogen-bond donors (Lipinski definition) is 3. The number of nitrogens with one attached hydrogen (secondary N) is 2. The number of nitrogens with zero attached hydrogens (tertiary/aromatic N) is 3. The molecule has 2 aromatic rings. The van der Waals surface area contributed by atoms with Crippen LogP contribution in [0.4, 0.5) is 4.39 Å². The van der Waals surface area contributed by atoms with Crippen LogP contribution in [-0.4, -0.2) is 70.6 Å². The van der Waals surface area contributed by atoms with E-state index in [1.807, 2.05) is 5.38 Å². The Balaban J connectivity index is 1.53. The molecule has 0 spiro atoms. The van der Waals surface area contributed by atoms with Crippen molar-refractivity contribution in [1.29, 1.82) is 0 Å². The number of carbonyl (C=O) groups excluding carboxylic acids is 1. The lowest BCUT2D eigenvalue weighted by molar-refractivity contribution is -0.133. The number of halogens is 2. The minimum Gasteiger partial charge on any atom is -0.478 e. The molecule has 4 heterocycles. The van der Waals surface area contributed by atoms with Crippen molar-refractivity contribution < 1.29 is 23.8 Å². The first-order valence-corrected chi connectivity index (χ1v) is 12.8. The van der Waals surface area contributed by atoms with Crippen LogP contribution in [0.25, 0.3) is 0 Å². The van der Waals surface area contributed by atoms with Crippen molar-refractivity contribution in [3.8, 4) is 0 Å². The highest BCUT2D eigenvalue weighted by Crippen LogP contribution is 2.37. The van der Waals surface area contributed by atoms with Crippen LogP contribution >= 0.6 is 22.9 Å². The molecule has 2 saturated heterocycles. The summed E-state index contributed by atoms with van der Waals surface area (Å²) in [6.45, 7) is 2.80. The van der Waals surface area contributed by atoms with E-state index >= 15 is 0 Å². The number of carboxylic acid groups (broad SMARTS) is 1. The Labute approximate surface area is 216 Å². The molecule has 5 rings (SSSR count). The van der Waals surface area contributed by atoms with E-state index < -0.39 is 17.8 Å². The molecular formula is C24H25ClFN5O4S. The minimum atomic E-state index is -1.14. The first kappa shape index (κ1) is 24.8. The van der Waals surface area contributed by atoms with E-state index in [-0.39, 0.29) is 34.6 Å². The molecule has 3 N–H and O–H groups in total. The number of thiazole rings is 1. The molecule has 2 bridgehead atoms. The second-order valence-corrected chi connectivity index (χ2v) is 10.4. The number of piperidine rings is 1. The number of hydrogen-bond acceptors (Lipinski definition) is 8. The molecule has 3 atom stereocenters. The summed E-state index contributed by atoms with van der Waals surface area (Å²) in [5, 5.41) is 19.0. The summed E-state index contributed by atoms with van der Waals surface area (Å²) in [5.41, 5.74) is 0.922. The maximum atomic E-state index is 13.8. The molecule has 190 valence electrons. The summed E-state index contributed by atoms with van der Waals surface area (Å²) >= 11 is 7.73. The van der Waals surface area contributed by atoms with E-state index in [0.29, 0.717) is 54.7 Å². The molecule has 1 aromatic heterocycles. The van der Waals surface area contributed by atoms with Crippen molar-refractivity contribution >= 4 is 40.6 Å². The molecule has 2 fully saturated rings. The van der Waals surface area contributed by atoms with Gasteiger partial charge in [0.25, 0.3) is 0 Å². The molecule has 0 aliphatic carbocycles. The summed E-state index contributed by atoms with van der Waals surface area (Å²) in [6.07, 6.45) is 3.05. The molecular weight excluding hydrogens is 509 g/mol. The minimum absolute atomic E-state index is 0.00809. The molecule has 1 aromatic carbocycles. The van der Waals surface area contributed by atoms with Gasteiger partial charge in [-0.3, -0.25) is 14.7 Å². The van der Waals surface area contributed by atoms with Crippen LogP contribution in [0.3, 0.4) is 0 Å². The van der Waals surface area contributed by atoms with E-state index in [9.17, 15) is 19.1 Å². The predicted molar refractivity (Wildman–Crippen MR) is 133 cm³/mol. The number of carbonyl (C=O) groups is 2. The lowest BCUT2D eigenvalue weighted by atomic mass is 9.88. The number of rotatable bonds is 6. The molecule has 1 amide bonds. The normalized spacial score (nSPS) is 26.2. The Kier molecular flexibility index (Phi) is 7.07. The maximum Gasteiger partial charge on any atom is 0.335 e. The Morgan fingerprint density at radius 2 is 2.08 bits per heavy atom. The summed E-state index contributed by atoms with van der Waals surface area (Å²) in [6, 6.07) is 2.99. The Morgan fingerprint density at radius 1 is 1.33 bits per heavy atom. The maximum absolute atomic E-state index is 13.8. The number of ether oxygens (including phenoxy) is 1. The zero-order valence-corrected chi connectivity index (χ0v) is 21.0. The second kappa shape index (κ2) is 10.3. The summed E-state index contributed by atoms with van der Waals surface area (Å²) in [7, 11) is 0. The van der Waals surface area contributed by atoms with Gasteiger partial charge < -0.3 is 20.5 Å². The number of morpholine rings is 1. The van der Waals surface area contributed by atoms with Gasteiger partial charge in [0.15, 0.2) is 10.8 Å². The number of amidine groups is 1. The number of aliphatic imine (C=N–C) groups is 1. The Hall–Kier alpha value is -2.86. The third kappa shape index (κ3) is 5.01. The standard InChI is InChI=1S/C24H25ClFN5O4S/c1-12(32)28-14-7-15-10-35-11-16(8-14)31(15)9-19-20(24(33)34)21(17-3-2-13(26)6-18(17)25)30-22(29-19)23-27-4-5-36-23/h2-6,14-16,21H,7-11H2,1H3,(H,28,32)(H,29,30)(H,33,34)/t14?,15?,16?,21-/m0/s1. The highest BCUT2D eigenvalue weighted by molar-refractivity contribution is 7.11. The number of aliphatic carboxylic acids is 1. The lowest BCUT2D eigenvalue weighted by Crippen LogP contribution is -2.61. The third-order valence-corrected chi connectivity index (χ3v) is 7.78. The number of aromatic nitrogens is 1. The summed E-state index contributed by atoms with van der Waals surface area (Å²) < 4.78 is 19.6. The quantitative estimate of drug-likeness (QED) is 0.523. The van der Waals surface area contributed by atoms with Crippen LogP contribution in [0.5, 0.6) is 0 Å². The van der Waals surface area contributed by atoms with Crippen LogP contribution in [0.2, 0.25) is 5.02 Å². The van der Waals surface area contributed by atoms with Crippen LogP contribution in [-0.2, 0) is 14.3 Å². The number of benzene rings is 1. The van der Waals surface area contributed by atoms with Crippen molar-refractivity contribution in [3.05, 3.63) is 62.5 Å². The zero-order valence-electron chi connectivity index (χ0n) is 19.4. The first-order valence-electron chi connectivity index (χ1n) is 11.6. The topological polar surface area (TPSA) is 116 Å². The van der Waals surface area contributed by atoms with Gasteiger partial charge in [0, 0.05) is 59.5 Å². The fraction of sp³-hybridized carbons (Fsp3) is 0.417. The van der Waals surface area contributed by atoms with Crippen molar-refractivity contribution in [2.24, 2.45) is 4.99 Å². The largest absolute Gasteiger partial charge is 0.478 e. The summed E-state index contributed by atoms with van der Waals surface area (Å²) in [4.78, 5) is 35.5. The van der Waals surface area contributed by atoms with Gasteiger partial charge in [-0.1, -0.05) is 17.7 Å². The average molecular weight is 534 g/mol. The molecule has 3 aliphatic heterocycles. The highest BCUT2D eigenvalue weighted by Gasteiger charge is 2.41. The van der Waals surface area contributed by atoms with Gasteiger partial charge in [0.05, 0.1) is 18.8 Å². The third-order valence-electron chi connectivity index (χ3n) is 6.67.